The smallest absolute Gasteiger partial charge is 0.254 e. The third-order valence-electron chi connectivity index (χ3n) is 5.49. The standard InChI is InChI=1S/C19H21N3O3/c1-21(2)14-7-6-13(15(9-14)25-3)10-20-22-18(23)16-11-4-5-12(8-11)17(16)19(22)24/h4-7,9-12,16-17H,8H2,1-3H3/t11-,12-,16-,17+/m0/s1. The van der Waals surface area contributed by atoms with Crippen molar-refractivity contribution in [3.8, 4) is 5.75 Å². The number of benzene rings is 1. The zero-order chi connectivity index (χ0) is 17.7. The van der Waals surface area contributed by atoms with E-state index in [1.165, 1.54) is 6.21 Å². The summed E-state index contributed by atoms with van der Waals surface area (Å²) in [6.45, 7) is 0. The second-order valence-corrected chi connectivity index (χ2v) is 7.05. The van der Waals surface area contributed by atoms with Gasteiger partial charge in [0.2, 0.25) is 0 Å². The normalized spacial score (nSPS) is 29.8. The molecule has 3 aliphatic rings. The van der Waals surface area contributed by atoms with E-state index in [2.05, 4.69) is 17.3 Å². The molecule has 0 N–H and O–H groups in total. The van der Waals surface area contributed by atoms with Crippen LogP contribution in [-0.2, 0) is 9.59 Å². The van der Waals surface area contributed by atoms with Crippen LogP contribution < -0.4 is 9.64 Å². The molecular formula is C19H21N3O3. The van der Waals surface area contributed by atoms with Gasteiger partial charge in [0, 0.05) is 31.4 Å². The summed E-state index contributed by atoms with van der Waals surface area (Å²) in [6, 6.07) is 5.71. The van der Waals surface area contributed by atoms with E-state index in [1.54, 1.807) is 7.11 Å². The van der Waals surface area contributed by atoms with E-state index in [1.807, 2.05) is 37.2 Å². The summed E-state index contributed by atoms with van der Waals surface area (Å²) >= 11 is 0. The van der Waals surface area contributed by atoms with Crippen molar-refractivity contribution in [1.29, 1.82) is 0 Å². The Morgan fingerprint density at radius 3 is 2.36 bits per heavy atom. The summed E-state index contributed by atoms with van der Waals surface area (Å²) in [5.74, 6) is 0.242. The number of hydrogen-bond acceptors (Lipinski definition) is 5. The molecule has 1 saturated carbocycles. The molecule has 2 bridgehead atoms. The number of carbonyl (C=O) groups is 2. The number of carbonyl (C=O) groups excluding carboxylic acids is 2. The summed E-state index contributed by atoms with van der Waals surface area (Å²) in [4.78, 5) is 27.2. The number of hydrogen-bond donors (Lipinski definition) is 0. The van der Waals surface area contributed by atoms with E-state index in [0.717, 1.165) is 22.7 Å². The van der Waals surface area contributed by atoms with Crippen LogP contribution in [0.3, 0.4) is 0 Å². The van der Waals surface area contributed by atoms with E-state index in [0.29, 0.717) is 5.75 Å². The number of nitrogens with zero attached hydrogens (tertiary/aromatic N) is 3. The van der Waals surface area contributed by atoms with Crippen molar-refractivity contribution in [3.05, 3.63) is 35.9 Å². The van der Waals surface area contributed by atoms with Crippen LogP contribution in [0.1, 0.15) is 12.0 Å². The van der Waals surface area contributed by atoms with Gasteiger partial charge in [-0.05, 0) is 30.4 Å². The molecule has 0 aromatic heterocycles. The second kappa shape index (κ2) is 5.72. The molecule has 4 rings (SSSR count). The van der Waals surface area contributed by atoms with Gasteiger partial charge >= 0.3 is 0 Å². The van der Waals surface area contributed by atoms with Gasteiger partial charge in [0.1, 0.15) is 5.75 Å². The predicted molar refractivity (Wildman–Crippen MR) is 94.5 cm³/mol. The Labute approximate surface area is 146 Å². The first-order valence-corrected chi connectivity index (χ1v) is 8.46. The number of anilines is 1. The number of allylic oxidation sites excluding steroid dienone is 2. The summed E-state index contributed by atoms with van der Waals surface area (Å²) in [7, 11) is 5.49. The Morgan fingerprint density at radius 2 is 1.80 bits per heavy atom. The largest absolute Gasteiger partial charge is 0.496 e. The average molecular weight is 339 g/mol. The Morgan fingerprint density at radius 1 is 1.16 bits per heavy atom. The molecule has 0 spiro atoms. The van der Waals surface area contributed by atoms with Crippen LogP contribution in [0.25, 0.3) is 0 Å². The molecule has 1 aromatic carbocycles. The molecule has 6 heteroatoms. The summed E-state index contributed by atoms with van der Waals surface area (Å²) in [6.07, 6.45) is 6.61. The number of ether oxygens (including phenoxy) is 1. The summed E-state index contributed by atoms with van der Waals surface area (Å²) in [5.41, 5.74) is 1.73. The molecule has 25 heavy (non-hydrogen) atoms. The van der Waals surface area contributed by atoms with Crippen LogP contribution in [0.2, 0.25) is 0 Å². The third-order valence-corrected chi connectivity index (χ3v) is 5.49. The van der Waals surface area contributed by atoms with E-state index in [-0.39, 0.29) is 35.5 Å². The van der Waals surface area contributed by atoms with Crippen LogP contribution in [0.5, 0.6) is 5.75 Å². The Hall–Kier alpha value is -2.63. The molecule has 2 fully saturated rings. The molecule has 1 aromatic rings. The number of hydrazone groups is 1. The highest BCUT2D eigenvalue weighted by molar-refractivity contribution is 6.06. The highest BCUT2D eigenvalue weighted by Crippen LogP contribution is 2.52. The Bertz CT molecular complexity index is 769. The lowest BCUT2D eigenvalue weighted by Gasteiger charge is -2.15. The van der Waals surface area contributed by atoms with Crippen LogP contribution in [0.15, 0.2) is 35.5 Å². The van der Waals surface area contributed by atoms with Gasteiger partial charge in [0.25, 0.3) is 11.8 Å². The van der Waals surface area contributed by atoms with E-state index in [4.69, 9.17) is 4.74 Å². The Balaban J connectivity index is 1.59. The minimum Gasteiger partial charge on any atom is -0.496 e. The van der Waals surface area contributed by atoms with Gasteiger partial charge in [0.05, 0.1) is 25.2 Å². The first-order valence-electron chi connectivity index (χ1n) is 8.46. The van der Waals surface area contributed by atoms with Crippen LogP contribution >= 0.6 is 0 Å². The molecule has 2 aliphatic carbocycles. The fourth-order valence-electron chi connectivity index (χ4n) is 4.20. The predicted octanol–water partition coefficient (Wildman–Crippen LogP) is 1.90. The molecule has 0 radical (unpaired) electrons. The number of rotatable bonds is 4. The summed E-state index contributed by atoms with van der Waals surface area (Å²) in [5, 5.41) is 5.26. The van der Waals surface area contributed by atoms with Gasteiger partial charge in [0.15, 0.2) is 0 Å². The molecule has 0 unspecified atom stereocenters. The van der Waals surface area contributed by atoms with Gasteiger partial charge < -0.3 is 9.64 Å². The van der Waals surface area contributed by atoms with Crippen molar-refractivity contribution in [3.63, 3.8) is 0 Å². The lowest BCUT2D eigenvalue weighted by atomic mass is 9.85. The first kappa shape index (κ1) is 15.9. The lowest BCUT2D eigenvalue weighted by Crippen LogP contribution is -2.28. The fraction of sp³-hybridized carbons (Fsp3) is 0.421. The molecule has 1 aliphatic heterocycles. The summed E-state index contributed by atoms with van der Waals surface area (Å²) < 4.78 is 5.41. The molecule has 4 atom stereocenters. The van der Waals surface area contributed by atoms with Crippen molar-refractivity contribution in [2.75, 3.05) is 26.1 Å². The van der Waals surface area contributed by atoms with Crippen LogP contribution in [-0.4, -0.2) is 44.2 Å². The van der Waals surface area contributed by atoms with Crippen LogP contribution in [0.4, 0.5) is 5.69 Å². The molecule has 130 valence electrons. The quantitative estimate of drug-likeness (QED) is 0.477. The van der Waals surface area contributed by atoms with Crippen molar-refractivity contribution < 1.29 is 14.3 Å². The highest BCUT2D eigenvalue weighted by Gasteiger charge is 2.59. The molecule has 1 saturated heterocycles. The minimum absolute atomic E-state index is 0.174. The van der Waals surface area contributed by atoms with E-state index < -0.39 is 0 Å². The topological polar surface area (TPSA) is 62.2 Å². The van der Waals surface area contributed by atoms with Gasteiger partial charge in [-0.3, -0.25) is 9.59 Å². The fourth-order valence-corrected chi connectivity index (χ4v) is 4.20. The maximum absolute atomic E-state index is 12.6. The van der Waals surface area contributed by atoms with Crippen molar-refractivity contribution in [2.24, 2.45) is 28.8 Å². The van der Waals surface area contributed by atoms with E-state index >= 15 is 0 Å². The molecule has 6 nitrogen and oxygen atoms in total. The number of imide groups is 1. The minimum atomic E-state index is -0.224. The third kappa shape index (κ3) is 2.35. The maximum Gasteiger partial charge on any atom is 0.254 e. The monoisotopic (exact) mass is 339 g/mol. The Kier molecular flexibility index (Phi) is 3.63. The second-order valence-electron chi connectivity index (χ2n) is 7.05. The number of fused-ring (bicyclic) bond motifs is 5. The first-order chi connectivity index (χ1) is 12.0. The average Bonchev–Trinajstić information content (AvgIpc) is 3.28. The highest BCUT2D eigenvalue weighted by atomic mass is 16.5. The zero-order valence-electron chi connectivity index (χ0n) is 14.5. The van der Waals surface area contributed by atoms with Crippen molar-refractivity contribution in [2.45, 2.75) is 6.42 Å². The number of amides is 2. The van der Waals surface area contributed by atoms with Crippen molar-refractivity contribution >= 4 is 23.7 Å². The SMILES string of the molecule is COc1cc(N(C)C)ccc1C=NN1C(=O)[C@@H]2[C@H](C1=O)[C@H]1C=C[C@H]2C1. The maximum atomic E-state index is 12.6. The zero-order valence-corrected chi connectivity index (χ0v) is 14.5. The van der Waals surface area contributed by atoms with E-state index in [9.17, 15) is 9.59 Å². The van der Waals surface area contributed by atoms with Crippen molar-refractivity contribution in [1.82, 2.24) is 5.01 Å². The molecule has 1 heterocycles. The van der Waals surface area contributed by atoms with Gasteiger partial charge in [-0.25, -0.2) is 0 Å². The van der Waals surface area contributed by atoms with Gasteiger partial charge in [-0.15, -0.1) is 0 Å². The molecular weight excluding hydrogens is 318 g/mol. The van der Waals surface area contributed by atoms with Gasteiger partial charge in [-0.2, -0.15) is 10.1 Å². The van der Waals surface area contributed by atoms with Crippen LogP contribution in [0, 0.1) is 23.7 Å². The molecule has 2 amide bonds. The number of methoxy groups -OCH3 is 1. The lowest BCUT2D eigenvalue weighted by molar-refractivity contribution is -0.140. The van der Waals surface area contributed by atoms with Gasteiger partial charge in [-0.1, -0.05) is 12.2 Å².